The van der Waals surface area contributed by atoms with Gasteiger partial charge in [-0.05, 0) is 36.4 Å². The molecule has 0 N–H and O–H groups in total. The molecule has 0 saturated carbocycles. The number of para-hydroxylation sites is 1. The average molecular weight is 269 g/mol. The third-order valence-electron chi connectivity index (χ3n) is 3.60. The van der Waals surface area contributed by atoms with E-state index in [1.165, 1.54) is 28.0 Å². The summed E-state index contributed by atoms with van der Waals surface area (Å²) in [6.07, 6.45) is 0. The van der Waals surface area contributed by atoms with E-state index in [2.05, 4.69) is 93.4 Å². The van der Waals surface area contributed by atoms with Crippen LogP contribution >= 0.6 is 0 Å². The second kappa shape index (κ2) is 5.92. The summed E-state index contributed by atoms with van der Waals surface area (Å²) < 4.78 is 0. The Balaban J connectivity index is 2.11. The molecule has 0 aromatic heterocycles. The Morgan fingerprint density at radius 2 is 0.857 bits per heavy atom. The van der Waals surface area contributed by atoms with Gasteiger partial charge in [0.05, 0.1) is 0 Å². The van der Waals surface area contributed by atoms with Gasteiger partial charge in [-0.15, -0.1) is 0 Å². The molecule has 3 aromatic rings. The molecule has 1 nitrogen and oxygen atoms in total. The van der Waals surface area contributed by atoms with Gasteiger partial charge in [0.25, 0.3) is 0 Å². The van der Waals surface area contributed by atoms with E-state index in [-0.39, 0.29) is 0 Å². The Kier molecular flexibility index (Phi) is 3.83. The van der Waals surface area contributed by atoms with Crippen LogP contribution in [0.3, 0.4) is 0 Å². The average Bonchev–Trinajstić information content (AvgIpc) is 2.52. The fraction of sp³-hybridized carbons (Fsp3) is 0. The maximum absolute atomic E-state index is 2.28. The van der Waals surface area contributed by atoms with Crippen LogP contribution in [0.25, 0.3) is 0 Å². The number of nitrogens with zero attached hydrogens (tertiary/aromatic N) is 1. The van der Waals surface area contributed by atoms with Crippen LogP contribution in [0.1, 0.15) is 0 Å². The molecule has 100 valence electrons. The van der Waals surface area contributed by atoms with Crippen LogP contribution < -0.4 is 15.8 Å². The van der Waals surface area contributed by atoms with Gasteiger partial charge in [0.1, 0.15) is 15.7 Å². The van der Waals surface area contributed by atoms with E-state index in [0.29, 0.717) is 0 Å². The molecule has 21 heavy (non-hydrogen) atoms. The highest BCUT2D eigenvalue weighted by atomic mass is 15.1. The standard InChI is InChI=1S/C18H17B2N/c19-14-6-10-17(11-7-14)21(16-4-2-1-3-5-16)18-12-8-15(20)9-13-18/h1-13H,19-20H2. The zero-order valence-corrected chi connectivity index (χ0v) is 12.5. The first-order valence-electron chi connectivity index (χ1n) is 7.22. The minimum absolute atomic E-state index is 1.17. The van der Waals surface area contributed by atoms with E-state index >= 15 is 0 Å². The van der Waals surface area contributed by atoms with E-state index in [1.54, 1.807) is 0 Å². The Labute approximate surface area is 128 Å². The molecule has 0 saturated heterocycles. The summed E-state index contributed by atoms with van der Waals surface area (Å²) in [6.45, 7) is 0. The monoisotopic (exact) mass is 269 g/mol. The third kappa shape index (κ3) is 3.03. The van der Waals surface area contributed by atoms with E-state index in [0.717, 1.165) is 0 Å². The van der Waals surface area contributed by atoms with Crippen LogP contribution in [0.5, 0.6) is 0 Å². The summed E-state index contributed by atoms with van der Waals surface area (Å²) in [5, 5.41) is 0. The first-order valence-corrected chi connectivity index (χ1v) is 7.22. The van der Waals surface area contributed by atoms with Crippen LogP contribution in [0.15, 0.2) is 78.9 Å². The summed E-state index contributed by atoms with van der Waals surface area (Å²) in [6, 6.07) is 27.8. The van der Waals surface area contributed by atoms with Crippen LogP contribution in [0, 0.1) is 0 Å². The van der Waals surface area contributed by atoms with Gasteiger partial charge in [0.2, 0.25) is 0 Å². The van der Waals surface area contributed by atoms with E-state index < -0.39 is 0 Å². The van der Waals surface area contributed by atoms with Gasteiger partial charge in [0.15, 0.2) is 0 Å². The van der Waals surface area contributed by atoms with Crippen molar-refractivity contribution in [1.82, 2.24) is 0 Å². The fourth-order valence-corrected chi connectivity index (χ4v) is 2.41. The van der Waals surface area contributed by atoms with Gasteiger partial charge in [-0.2, -0.15) is 0 Å². The van der Waals surface area contributed by atoms with Crippen molar-refractivity contribution in [2.75, 3.05) is 4.90 Å². The molecule has 0 amide bonds. The minimum Gasteiger partial charge on any atom is -0.311 e. The van der Waals surface area contributed by atoms with Crippen molar-refractivity contribution in [1.29, 1.82) is 0 Å². The number of hydrogen-bond donors (Lipinski definition) is 0. The van der Waals surface area contributed by atoms with Crippen molar-refractivity contribution < 1.29 is 0 Å². The number of benzene rings is 3. The topological polar surface area (TPSA) is 3.24 Å². The van der Waals surface area contributed by atoms with Crippen molar-refractivity contribution in [3.63, 3.8) is 0 Å². The molecule has 0 atom stereocenters. The molecule has 0 fully saturated rings. The van der Waals surface area contributed by atoms with Gasteiger partial charge in [0, 0.05) is 17.1 Å². The lowest BCUT2D eigenvalue weighted by atomic mass is 9.95. The molecule has 0 unspecified atom stereocenters. The largest absolute Gasteiger partial charge is 0.311 e. The zero-order valence-electron chi connectivity index (χ0n) is 12.5. The molecule has 0 aliphatic heterocycles. The molecule has 0 aliphatic rings. The maximum atomic E-state index is 2.28. The highest BCUT2D eigenvalue weighted by Crippen LogP contribution is 2.33. The van der Waals surface area contributed by atoms with Crippen molar-refractivity contribution >= 4 is 43.7 Å². The first-order chi connectivity index (χ1) is 10.2. The summed E-state index contributed by atoms with van der Waals surface area (Å²) in [7, 11) is 4.23. The molecule has 0 aliphatic carbocycles. The van der Waals surface area contributed by atoms with E-state index in [4.69, 9.17) is 0 Å². The number of anilines is 3. The maximum Gasteiger partial charge on any atom is 0.139 e. The van der Waals surface area contributed by atoms with Crippen LogP contribution in [-0.4, -0.2) is 15.7 Å². The van der Waals surface area contributed by atoms with Gasteiger partial charge in [-0.3, -0.25) is 0 Å². The highest BCUT2D eigenvalue weighted by Gasteiger charge is 2.11. The molecule has 0 bridgehead atoms. The van der Waals surface area contributed by atoms with Crippen molar-refractivity contribution in [3.8, 4) is 0 Å². The van der Waals surface area contributed by atoms with Gasteiger partial charge >= 0.3 is 0 Å². The Hall–Kier alpha value is -2.41. The zero-order chi connectivity index (χ0) is 14.7. The molecule has 0 spiro atoms. The molecule has 3 heteroatoms. The predicted octanol–water partition coefficient (Wildman–Crippen LogP) is 1.67. The lowest BCUT2D eigenvalue weighted by Crippen LogP contribution is -2.12. The lowest BCUT2D eigenvalue weighted by Gasteiger charge is -2.25. The number of rotatable bonds is 3. The Bertz CT molecular complexity index is 661. The second-order valence-corrected chi connectivity index (χ2v) is 5.34. The van der Waals surface area contributed by atoms with Crippen LogP contribution in [0.4, 0.5) is 17.1 Å². The molecule has 3 aromatic carbocycles. The lowest BCUT2D eigenvalue weighted by molar-refractivity contribution is 1.29. The van der Waals surface area contributed by atoms with Gasteiger partial charge in [-0.25, -0.2) is 0 Å². The number of hydrogen-bond acceptors (Lipinski definition) is 1. The van der Waals surface area contributed by atoms with Crippen molar-refractivity contribution in [2.24, 2.45) is 0 Å². The quantitative estimate of drug-likeness (QED) is 0.654. The summed E-state index contributed by atoms with van der Waals surface area (Å²) in [5.74, 6) is 0. The first kappa shape index (κ1) is 13.6. The fourth-order valence-electron chi connectivity index (χ4n) is 2.41. The molecule has 0 heterocycles. The second-order valence-electron chi connectivity index (χ2n) is 5.34. The summed E-state index contributed by atoms with van der Waals surface area (Å²) >= 11 is 0. The Morgan fingerprint density at radius 3 is 1.29 bits per heavy atom. The summed E-state index contributed by atoms with van der Waals surface area (Å²) in [4.78, 5) is 2.28. The summed E-state index contributed by atoms with van der Waals surface area (Å²) in [5.41, 5.74) is 6.07. The van der Waals surface area contributed by atoms with Crippen LogP contribution in [0.2, 0.25) is 0 Å². The smallest absolute Gasteiger partial charge is 0.139 e. The predicted molar refractivity (Wildman–Crippen MR) is 97.5 cm³/mol. The van der Waals surface area contributed by atoms with Gasteiger partial charge < -0.3 is 4.90 Å². The SMILES string of the molecule is Bc1ccc(N(c2ccccc2)c2ccc(B)cc2)cc1. The van der Waals surface area contributed by atoms with Gasteiger partial charge in [-0.1, -0.05) is 53.4 Å². The highest BCUT2D eigenvalue weighted by molar-refractivity contribution is 6.32. The van der Waals surface area contributed by atoms with E-state index in [9.17, 15) is 0 Å². The molecular weight excluding hydrogens is 252 g/mol. The molecular formula is C18H17B2N. The van der Waals surface area contributed by atoms with Crippen molar-refractivity contribution in [2.45, 2.75) is 0 Å². The van der Waals surface area contributed by atoms with E-state index in [1.807, 2.05) is 6.07 Å². The molecule has 0 radical (unpaired) electrons. The van der Waals surface area contributed by atoms with Crippen LogP contribution in [-0.2, 0) is 0 Å². The molecule has 3 rings (SSSR count). The normalized spacial score (nSPS) is 10.3. The third-order valence-corrected chi connectivity index (χ3v) is 3.60. The Morgan fingerprint density at radius 1 is 0.476 bits per heavy atom. The minimum atomic E-state index is 1.17. The van der Waals surface area contributed by atoms with Crippen molar-refractivity contribution in [3.05, 3.63) is 78.9 Å².